The molecule has 2 aromatic rings. The lowest BCUT2D eigenvalue weighted by Gasteiger charge is -2.22. The maximum Gasteiger partial charge on any atom is 0.234 e. The SMILES string of the molecule is CC(C)(C)c1ccccc1C(=O)c1cccc([C]=O)c1Br. The minimum atomic E-state index is -0.132. The molecule has 0 atom stereocenters. The largest absolute Gasteiger partial charge is 0.289 e. The fourth-order valence-corrected chi connectivity index (χ4v) is 2.79. The van der Waals surface area contributed by atoms with Crippen molar-refractivity contribution in [3.05, 3.63) is 69.2 Å². The Morgan fingerprint density at radius 1 is 1.00 bits per heavy atom. The molecule has 0 heterocycles. The van der Waals surface area contributed by atoms with E-state index in [-0.39, 0.29) is 11.2 Å². The van der Waals surface area contributed by atoms with Crippen LogP contribution in [0.2, 0.25) is 0 Å². The Morgan fingerprint density at radius 2 is 1.62 bits per heavy atom. The first-order valence-corrected chi connectivity index (χ1v) is 7.46. The number of ketones is 1. The fourth-order valence-electron chi connectivity index (χ4n) is 2.27. The number of hydrogen-bond donors (Lipinski definition) is 0. The molecular formula is C18H16BrO2. The number of rotatable bonds is 3. The minimum Gasteiger partial charge on any atom is -0.289 e. The normalized spacial score (nSPS) is 11.2. The molecule has 107 valence electrons. The molecule has 0 saturated carbocycles. The van der Waals surface area contributed by atoms with Gasteiger partial charge >= 0.3 is 0 Å². The molecule has 0 spiro atoms. The first-order valence-electron chi connectivity index (χ1n) is 6.67. The van der Waals surface area contributed by atoms with Crippen LogP contribution in [0.4, 0.5) is 0 Å². The average Bonchev–Trinajstić information content (AvgIpc) is 2.46. The Hall–Kier alpha value is -1.74. The van der Waals surface area contributed by atoms with E-state index < -0.39 is 0 Å². The molecular weight excluding hydrogens is 328 g/mol. The topological polar surface area (TPSA) is 34.1 Å². The average molecular weight is 344 g/mol. The molecule has 3 heteroatoms. The monoisotopic (exact) mass is 343 g/mol. The first kappa shape index (κ1) is 15.6. The van der Waals surface area contributed by atoms with Crippen LogP contribution in [0.1, 0.15) is 47.8 Å². The smallest absolute Gasteiger partial charge is 0.234 e. The molecule has 0 bridgehead atoms. The van der Waals surface area contributed by atoms with Crippen molar-refractivity contribution in [3.8, 4) is 0 Å². The van der Waals surface area contributed by atoms with Gasteiger partial charge in [0.15, 0.2) is 5.78 Å². The number of halogens is 1. The van der Waals surface area contributed by atoms with E-state index in [2.05, 4.69) is 36.7 Å². The standard InChI is InChI=1S/C18H16BrO2/c1-18(2,3)15-10-5-4-8-13(15)17(21)14-9-6-7-12(11-20)16(14)19/h4-10H,1-3H3. The molecule has 0 N–H and O–H groups in total. The van der Waals surface area contributed by atoms with E-state index in [0.29, 0.717) is 21.2 Å². The van der Waals surface area contributed by atoms with Crippen molar-refractivity contribution in [3.63, 3.8) is 0 Å². The van der Waals surface area contributed by atoms with Crippen LogP contribution in [0, 0.1) is 0 Å². The Kier molecular flexibility index (Phi) is 4.43. The van der Waals surface area contributed by atoms with Gasteiger partial charge in [-0.25, -0.2) is 0 Å². The van der Waals surface area contributed by atoms with Crippen molar-refractivity contribution in [1.82, 2.24) is 0 Å². The van der Waals surface area contributed by atoms with Gasteiger partial charge in [0.25, 0.3) is 0 Å². The summed E-state index contributed by atoms with van der Waals surface area (Å²) in [6.07, 6.45) is 1.84. The Labute approximate surface area is 133 Å². The van der Waals surface area contributed by atoms with Crippen LogP contribution in [-0.4, -0.2) is 12.1 Å². The van der Waals surface area contributed by atoms with E-state index in [4.69, 9.17) is 0 Å². The summed E-state index contributed by atoms with van der Waals surface area (Å²) in [5.41, 5.74) is 2.35. The zero-order valence-corrected chi connectivity index (χ0v) is 13.8. The van der Waals surface area contributed by atoms with Gasteiger partial charge in [-0.1, -0.05) is 51.1 Å². The van der Waals surface area contributed by atoms with E-state index in [9.17, 15) is 9.59 Å². The number of benzene rings is 2. The Morgan fingerprint density at radius 3 is 2.24 bits per heavy atom. The Bertz CT molecular complexity index is 697. The van der Waals surface area contributed by atoms with E-state index in [0.717, 1.165) is 5.56 Å². The summed E-state index contributed by atoms with van der Waals surface area (Å²) in [6.45, 7) is 6.22. The third kappa shape index (κ3) is 3.13. The summed E-state index contributed by atoms with van der Waals surface area (Å²) in [5.74, 6) is -0.0931. The van der Waals surface area contributed by atoms with Crippen LogP contribution >= 0.6 is 15.9 Å². The van der Waals surface area contributed by atoms with Crippen LogP contribution in [-0.2, 0) is 10.2 Å². The summed E-state index contributed by atoms with van der Waals surface area (Å²) < 4.78 is 0.494. The van der Waals surface area contributed by atoms with Gasteiger partial charge in [0, 0.05) is 21.2 Å². The molecule has 2 aromatic carbocycles. The quantitative estimate of drug-likeness (QED) is 0.772. The number of hydrogen-bond acceptors (Lipinski definition) is 2. The summed E-state index contributed by atoms with van der Waals surface area (Å²) in [5, 5.41) is 0. The predicted octanol–water partition coefficient (Wildman–Crippen LogP) is 4.44. The molecule has 0 fully saturated rings. The number of carbonyl (C=O) groups excluding carboxylic acids is 2. The van der Waals surface area contributed by atoms with Crippen molar-refractivity contribution in [2.45, 2.75) is 26.2 Å². The number of carbonyl (C=O) groups is 1. The van der Waals surface area contributed by atoms with Crippen molar-refractivity contribution in [1.29, 1.82) is 0 Å². The molecule has 1 radical (unpaired) electrons. The van der Waals surface area contributed by atoms with Crippen molar-refractivity contribution >= 4 is 28.0 Å². The van der Waals surface area contributed by atoms with Gasteiger partial charge in [0.1, 0.15) is 0 Å². The lowest BCUT2D eigenvalue weighted by Crippen LogP contribution is -2.17. The van der Waals surface area contributed by atoms with Crippen LogP contribution < -0.4 is 0 Å². The van der Waals surface area contributed by atoms with E-state index in [1.165, 1.54) is 0 Å². The molecule has 0 unspecified atom stereocenters. The van der Waals surface area contributed by atoms with Crippen molar-refractivity contribution < 1.29 is 9.59 Å². The van der Waals surface area contributed by atoms with Gasteiger partial charge in [-0.3, -0.25) is 9.59 Å². The van der Waals surface area contributed by atoms with Gasteiger partial charge in [0.2, 0.25) is 6.29 Å². The zero-order chi connectivity index (χ0) is 15.6. The molecule has 0 saturated heterocycles. The molecule has 0 aliphatic heterocycles. The van der Waals surface area contributed by atoms with Gasteiger partial charge in [-0.2, -0.15) is 0 Å². The summed E-state index contributed by atoms with van der Waals surface area (Å²) in [7, 11) is 0. The van der Waals surface area contributed by atoms with Gasteiger partial charge < -0.3 is 0 Å². The van der Waals surface area contributed by atoms with Crippen molar-refractivity contribution in [2.75, 3.05) is 0 Å². The lowest BCUT2D eigenvalue weighted by atomic mass is 9.82. The van der Waals surface area contributed by atoms with Gasteiger partial charge in [-0.15, -0.1) is 0 Å². The zero-order valence-electron chi connectivity index (χ0n) is 12.2. The van der Waals surface area contributed by atoms with Crippen LogP contribution in [0.15, 0.2) is 46.9 Å². The summed E-state index contributed by atoms with van der Waals surface area (Å²) >= 11 is 3.33. The third-order valence-corrected chi connectivity index (χ3v) is 4.19. The van der Waals surface area contributed by atoms with Crippen LogP contribution in [0.5, 0.6) is 0 Å². The van der Waals surface area contributed by atoms with Gasteiger partial charge in [0.05, 0.1) is 0 Å². The summed E-state index contributed by atoms with van der Waals surface area (Å²) in [4.78, 5) is 23.7. The fraction of sp³-hybridized carbons (Fsp3) is 0.222. The van der Waals surface area contributed by atoms with Gasteiger partial charge in [-0.05, 0) is 39.0 Å². The van der Waals surface area contributed by atoms with E-state index in [1.54, 1.807) is 18.2 Å². The summed E-state index contributed by atoms with van der Waals surface area (Å²) in [6, 6.07) is 12.6. The third-order valence-electron chi connectivity index (χ3n) is 3.33. The second-order valence-corrected chi connectivity index (χ2v) is 6.69. The molecule has 0 amide bonds. The maximum absolute atomic E-state index is 12.8. The lowest BCUT2D eigenvalue weighted by molar-refractivity contribution is 0.103. The molecule has 2 nitrogen and oxygen atoms in total. The highest BCUT2D eigenvalue weighted by Gasteiger charge is 2.23. The maximum atomic E-state index is 12.8. The van der Waals surface area contributed by atoms with Crippen molar-refractivity contribution in [2.24, 2.45) is 0 Å². The molecule has 0 aliphatic carbocycles. The van der Waals surface area contributed by atoms with E-state index >= 15 is 0 Å². The minimum absolute atomic E-state index is 0.0931. The second-order valence-electron chi connectivity index (χ2n) is 5.89. The second kappa shape index (κ2) is 5.94. The van der Waals surface area contributed by atoms with Crippen LogP contribution in [0.25, 0.3) is 0 Å². The predicted molar refractivity (Wildman–Crippen MR) is 87.5 cm³/mol. The van der Waals surface area contributed by atoms with E-state index in [1.807, 2.05) is 30.6 Å². The highest BCUT2D eigenvalue weighted by atomic mass is 79.9. The molecule has 2 rings (SSSR count). The van der Waals surface area contributed by atoms with Crippen LogP contribution in [0.3, 0.4) is 0 Å². The molecule has 0 aromatic heterocycles. The highest BCUT2D eigenvalue weighted by molar-refractivity contribution is 9.10. The highest BCUT2D eigenvalue weighted by Crippen LogP contribution is 2.30. The molecule has 21 heavy (non-hydrogen) atoms. The first-order chi connectivity index (χ1) is 9.86. The molecule has 0 aliphatic rings. The Balaban J connectivity index is 2.59.